The number of amides is 1. The Labute approximate surface area is 159 Å². The van der Waals surface area contributed by atoms with Crippen LogP contribution in [0.25, 0.3) is 0 Å². The molecule has 4 nitrogen and oxygen atoms in total. The highest BCUT2D eigenvalue weighted by Gasteiger charge is 2.62. The fourth-order valence-corrected chi connectivity index (χ4v) is 4.45. The first kappa shape index (κ1) is 18.8. The highest BCUT2D eigenvalue weighted by molar-refractivity contribution is 5.89. The second-order valence-electron chi connectivity index (χ2n) is 8.61. The maximum absolute atomic E-state index is 13.8. The molecule has 1 saturated carbocycles. The SMILES string of the molecule is CC(C)N1CC2(CCN(CCc3cccc(F)c3F)CC2)OC2(CC2)C1=O. The number of carbonyl (C=O) groups is 1. The molecule has 0 atom stereocenters. The maximum atomic E-state index is 13.8. The zero-order valence-corrected chi connectivity index (χ0v) is 16.1. The number of piperidine rings is 1. The molecule has 2 heterocycles. The predicted molar refractivity (Wildman–Crippen MR) is 98.4 cm³/mol. The van der Waals surface area contributed by atoms with E-state index in [4.69, 9.17) is 4.74 Å². The van der Waals surface area contributed by atoms with Gasteiger partial charge in [0, 0.05) is 25.7 Å². The quantitative estimate of drug-likeness (QED) is 0.807. The first-order chi connectivity index (χ1) is 12.8. The van der Waals surface area contributed by atoms with Crippen molar-refractivity contribution in [1.82, 2.24) is 9.80 Å². The molecule has 0 N–H and O–H groups in total. The number of morpholine rings is 1. The number of carbonyl (C=O) groups excluding carboxylic acids is 1. The van der Waals surface area contributed by atoms with E-state index in [9.17, 15) is 13.6 Å². The Morgan fingerprint density at radius 3 is 2.48 bits per heavy atom. The molecule has 0 radical (unpaired) electrons. The summed E-state index contributed by atoms with van der Waals surface area (Å²) in [6.45, 7) is 7.21. The van der Waals surface area contributed by atoms with Crippen LogP contribution in [0.4, 0.5) is 8.78 Å². The van der Waals surface area contributed by atoms with Crippen molar-refractivity contribution < 1.29 is 18.3 Å². The highest BCUT2D eigenvalue weighted by atomic mass is 19.2. The van der Waals surface area contributed by atoms with Crippen molar-refractivity contribution in [1.29, 1.82) is 0 Å². The normalized spacial score (nSPS) is 24.2. The minimum Gasteiger partial charge on any atom is -0.357 e. The van der Waals surface area contributed by atoms with Crippen molar-refractivity contribution in [2.45, 2.75) is 63.2 Å². The Balaban J connectivity index is 1.37. The summed E-state index contributed by atoms with van der Waals surface area (Å²) in [6, 6.07) is 4.54. The van der Waals surface area contributed by atoms with Gasteiger partial charge in [0.15, 0.2) is 11.6 Å². The molecule has 1 aliphatic carbocycles. The van der Waals surface area contributed by atoms with Crippen molar-refractivity contribution in [2.75, 3.05) is 26.2 Å². The van der Waals surface area contributed by atoms with Gasteiger partial charge >= 0.3 is 0 Å². The van der Waals surface area contributed by atoms with Crippen molar-refractivity contribution in [2.24, 2.45) is 0 Å². The van der Waals surface area contributed by atoms with Gasteiger partial charge in [-0.1, -0.05) is 12.1 Å². The molecule has 1 aromatic carbocycles. The van der Waals surface area contributed by atoms with Crippen molar-refractivity contribution in [3.8, 4) is 0 Å². The minimum atomic E-state index is -0.783. The zero-order valence-electron chi connectivity index (χ0n) is 16.1. The Hall–Kier alpha value is -1.53. The van der Waals surface area contributed by atoms with E-state index in [-0.39, 0.29) is 17.6 Å². The molecule has 0 aromatic heterocycles. The van der Waals surface area contributed by atoms with Crippen LogP contribution in [0.2, 0.25) is 0 Å². The molecular formula is C21H28F2N2O2. The third-order valence-corrected chi connectivity index (χ3v) is 6.34. The number of ether oxygens (including phenoxy) is 1. The molecule has 1 aromatic rings. The lowest BCUT2D eigenvalue weighted by Crippen LogP contribution is -2.64. The lowest BCUT2D eigenvalue weighted by atomic mass is 9.87. The Morgan fingerprint density at radius 2 is 1.85 bits per heavy atom. The summed E-state index contributed by atoms with van der Waals surface area (Å²) >= 11 is 0. The van der Waals surface area contributed by atoms with Crippen LogP contribution < -0.4 is 0 Å². The van der Waals surface area contributed by atoms with Gasteiger partial charge in [-0.05, 0) is 57.6 Å². The lowest BCUT2D eigenvalue weighted by molar-refractivity contribution is -0.203. The number of halogens is 2. The first-order valence-electron chi connectivity index (χ1n) is 10.0. The van der Waals surface area contributed by atoms with Gasteiger partial charge in [-0.2, -0.15) is 0 Å². The monoisotopic (exact) mass is 378 g/mol. The molecule has 3 fully saturated rings. The minimum absolute atomic E-state index is 0.159. The molecule has 27 heavy (non-hydrogen) atoms. The standard InChI is InChI=1S/C21H28F2N2O2/c1-15(2)25-14-20(27-21(7-8-21)19(25)26)9-12-24(13-10-20)11-6-16-4-3-5-17(22)18(16)23/h3-5,15H,6-14H2,1-2H3. The summed E-state index contributed by atoms with van der Waals surface area (Å²) in [4.78, 5) is 17.0. The van der Waals surface area contributed by atoms with E-state index in [0.717, 1.165) is 44.8 Å². The van der Waals surface area contributed by atoms with Crippen molar-refractivity contribution >= 4 is 5.91 Å². The third kappa shape index (κ3) is 3.49. The molecule has 4 rings (SSSR count). The Morgan fingerprint density at radius 1 is 1.15 bits per heavy atom. The van der Waals surface area contributed by atoms with Gasteiger partial charge in [0.05, 0.1) is 12.1 Å². The molecule has 2 saturated heterocycles. The van der Waals surface area contributed by atoms with Crippen molar-refractivity contribution in [3.63, 3.8) is 0 Å². The fourth-order valence-electron chi connectivity index (χ4n) is 4.45. The molecule has 1 amide bonds. The first-order valence-corrected chi connectivity index (χ1v) is 10.0. The van der Waals surface area contributed by atoms with Crippen LogP contribution >= 0.6 is 0 Å². The summed E-state index contributed by atoms with van der Waals surface area (Å²) in [5.74, 6) is -1.36. The summed E-state index contributed by atoms with van der Waals surface area (Å²) < 4.78 is 33.6. The topological polar surface area (TPSA) is 32.8 Å². The van der Waals surface area contributed by atoms with Gasteiger partial charge in [-0.25, -0.2) is 8.78 Å². The number of hydrogen-bond donors (Lipinski definition) is 0. The number of likely N-dealkylation sites (tertiary alicyclic amines) is 1. The molecule has 0 unspecified atom stereocenters. The van der Waals surface area contributed by atoms with Crippen molar-refractivity contribution in [3.05, 3.63) is 35.4 Å². The number of nitrogens with zero attached hydrogens (tertiary/aromatic N) is 2. The molecule has 2 aliphatic heterocycles. The molecule has 3 aliphatic rings. The summed E-state index contributed by atoms with van der Waals surface area (Å²) in [5.41, 5.74) is -0.386. The number of hydrogen-bond acceptors (Lipinski definition) is 3. The van der Waals surface area contributed by atoms with Crippen LogP contribution in [0.3, 0.4) is 0 Å². The largest absolute Gasteiger partial charge is 0.357 e. The average Bonchev–Trinajstić information content (AvgIpc) is 3.41. The van der Waals surface area contributed by atoms with E-state index in [1.54, 1.807) is 12.1 Å². The summed E-state index contributed by atoms with van der Waals surface area (Å²) in [5, 5.41) is 0. The van der Waals surface area contributed by atoms with Crippen LogP contribution in [-0.2, 0) is 16.0 Å². The van der Waals surface area contributed by atoms with Crippen LogP contribution in [0.5, 0.6) is 0 Å². The van der Waals surface area contributed by atoms with E-state index < -0.39 is 17.2 Å². The number of rotatable bonds is 4. The third-order valence-electron chi connectivity index (χ3n) is 6.34. The maximum Gasteiger partial charge on any atom is 0.255 e. The van der Waals surface area contributed by atoms with E-state index >= 15 is 0 Å². The van der Waals surface area contributed by atoms with E-state index in [2.05, 4.69) is 18.7 Å². The summed E-state index contributed by atoms with van der Waals surface area (Å²) in [7, 11) is 0. The highest BCUT2D eigenvalue weighted by Crippen LogP contribution is 2.50. The van der Waals surface area contributed by atoms with E-state index in [0.29, 0.717) is 25.1 Å². The Kier molecular flexibility index (Phi) is 4.75. The van der Waals surface area contributed by atoms with Gasteiger partial charge in [-0.15, -0.1) is 0 Å². The van der Waals surface area contributed by atoms with Gasteiger partial charge in [0.1, 0.15) is 5.60 Å². The Bertz CT molecular complexity index is 725. The summed E-state index contributed by atoms with van der Waals surface area (Å²) in [6.07, 6.45) is 3.91. The molecule has 2 spiro atoms. The smallest absolute Gasteiger partial charge is 0.255 e. The van der Waals surface area contributed by atoms with Gasteiger partial charge < -0.3 is 14.5 Å². The molecule has 6 heteroatoms. The van der Waals surface area contributed by atoms with E-state index in [1.807, 2.05) is 4.90 Å². The molecular weight excluding hydrogens is 350 g/mol. The van der Waals surface area contributed by atoms with Gasteiger partial charge in [-0.3, -0.25) is 4.79 Å². The molecule has 0 bridgehead atoms. The second-order valence-corrected chi connectivity index (χ2v) is 8.61. The zero-order chi connectivity index (χ0) is 19.2. The van der Waals surface area contributed by atoms with Gasteiger partial charge in [0.2, 0.25) is 0 Å². The lowest BCUT2D eigenvalue weighted by Gasteiger charge is -2.51. The average molecular weight is 378 g/mol. The molecule has 148 valence electrons. The number of benzene rings is 1. The second kappa shape index (κ2) is 6.82. The van der Waals surface area contributed by atoms with Crippen LogP contribution in [0.1, 0.15) is 45.1 Å². The van der Waals surface area contributed by atoms with Gasteiger partial charge in [0.25, 0.3) is 5.91 Å². The predicted octanol–water partition coefficient (Wildman–Crippen LogP) is 3.14. The van der Waals surface area contributed by atoms with Crippen LogP contribution in [0, 0.1) is 11.6 Å². The van der Waals surface area contributed by atoms with Crippen LogP contribution in [-0.4, -0.2) is 59.1 Å². The van der Waals surface area contributed by atoms with Crippen LogP contribution in [0.15, 0.2) is 18.2 Å². The van der Waals surface area contributed by atoms with E-state index in [1.165, 1.54) is 0 Å². The fraction of sp³-hybridized carbons (Fsp3) is 0.667.